The number of likely N-dealkylation sites (tertiary alicyclic amines) is 1. The number of hydrogen-bond donors (Lipinski definition) is 1. The summed E-state index contributed by atoms with van der Waals surface area (Å²) in [6.07, 6.45) is 3.94. The SMILES string of the molecule is CCCC1CCN(C(CN)c2cccc(OC)c2)C1. The highest BCUT2D eigenvalue weighted by molar-refractivity contribution is 5.31. The molecule has 2 rings (SSSR count). The van der Waals surface area contributed by atoms with E-state index in [1.807, 2.05) is 6.07 Å². The molecule has 19 heavy (non-hydrogen) atoms. The summed E-state index contributed by atoms with van der Waals surface area (Å²) in [5.41, 5.74) is 7.29. The van der Waals surface area contributed by atoms with E-state index < -0.39 is 0 Å². The number of benzene rings is 1. The summed E-state index contributed by atoms with van der Waals surface area (Å²) in [5, 5.41) is 0. The predicted molar refractivity (Wildman–Crippen MR) is 79.4 cm³/mol. The summed E-state index contributed by atoms with van der Waals surface area (Å²) < 4.78 is 5.31. The van der Waals surface area contributed by atoms with Crippen LogP contribution < -0.4 is 10.5 Å². The highest BCUT2D eigenvalue weighted by Gasteiger charge is 2.27. The van der Waals surface area contributed by atoms with Gasteiger partial charge < -0.3 is 10.5 Å². The van der Waals surface area contributed by atoms with Gasteiger partial charge in [-0.15, -0.1) is 0 Å². The fourth-order valence-corrected chi connectivity index (χ4v) is 3.13. The number of nitrogens with two attached hydrogens (primary N) is 1. The lowest BCUT2D eigenvalue weighted by Crippen LogP contribution is -2.32. The minimum absolute atomic E-state index is 0.331. The van der Waals surface area contributed by atoms with Crippen LogP contribution in [0.2, 0.25) is 0 Å². The molecular weight excluding hydrogens is 236 g/mol. The zero-order valence-corrected chi connectivity index (χ0v) is 12.1. The summed E-state index contributed by atoms with van der Waals surface area (Å²) in [5.74, 6) is 1.77. The molecule has 1 heterocycles. The van der Waals surface area contributed by atoms with Crippen molar-refractivity contribution in [1.29, 1.82) is 0 Å². The standard InChI is InChI=1S/C16H26N2O/c1-3-5-13-8-9-18(12-13)16(11-17)14-6-4-7-15(10-14)19-2/h4,6-7,10,13,16H,3,5,8-9,11-12,17H2,1-2H3. The Balaban J connectivity index is 2.07. The van der Waals surface area contributed by atoms with E-state index in [-0.39, 0.29) is 0 Å². The van der Waals surface area contributed by atoms with Crippen LogP contribution in [0, 0.1) is 5.92 Å². The van der Waals surface area contributed by atoms with Crippen LogP contribution in [-0.4, -0.2) is 31.6 Å². The van der Waals surface area contributed by atoms with Gasteiger partial charge in [0.2, 0.25) is 0 Å². The molecule has 0 amide bonds. The summed E-state index contributed by atoms with van der Waals surface area (Å²) in [4.78, 5) is 2.54. The van der Waals surface area contributed by atoms with Crippen molar-refractivity contribution >= 4 is 0 Å². The second kappa shape index (κ2) is 6.92. The Morgan fingerprint density at radius 1 is 1.47 bits per heavy atom. The van der Waals surface area contributed by atoms with Gasteiger partial charge in [-0.1, -0.05) is 25.5 Å². The van der Waals surface area contributed by atoms with Crippen molar-refractivity contribution in [1.82, 2.24) is 4.90 Å². The maximum atomic E-state index is 6.01. The van der Waals surface area contributed by atoms with Crippen molar-refractivity contribution in [2.45, 2.75) is 32.2 Å². The van der Waals surface area contributed by atoms with E-state index in [4.69, 9.17) is 10.5 Å². The molecular formula is C16H26N2O. The van der Waals surface area contributed by atoms with Crippen LogP contribution in [0.1, 0.15) is 37.8 Å². The topological polar surface area (TPSA) is 38.5 Å². The molecule has 1 aliphatic rings. The number of hydrogen-bond acceptors (Lipinski definition) is 3. The average Bonchev–Trinajstić information content (AvgIpc) is 2.89. The minimum atomic E-state index is 0.331. The molecule has 0 bridgehead atoms. The molecule has 0 aliphatic carbocycles. The Bertz CT molecular complexity index is 394. The van der Waals surface area contributed by atoms with E-state index in [0.29, 0.717) is 12.6 Å². The van der Waals surface area contributed by atoms with Crippen LogP contribution in [-0.2, 0) is 0 Å². The first-order valence-electron chi connectivity index (χ1n) is 7.36. The molecule has 1 saturated heterocycles. The van der Waals surface area contributed by atoms with E-state index in [1.165, 1.54) is 37.9 Å². The smallest absolute Gasteiger partial charge is 0.119 e. The zero-order valence-electron chi connectivity index (χ0n) is 12.1. The summed E-state index contributed by atoms with van der Waals surface area (Å²) in [6.45, 7) is 5.30. The van der Waals surface area contributed by atoms with Crippen molar-refractivity contribution < 1.29 is 4.74 Å². The van der Waals surface area contributed by atoms with Crippen LogP contribution in [0.3, 0.4) is 0 Å². The number of ether oxygens (including phenoxy) is 1. The van der Waals surface area contributed by atoms with Crippen LogP contribution in [0.5, 0.6) is 5.75 Å². The molecule has 0 aromatic heterocycles. The van der Waals surface area contributed by atoms with E-state index in [1.54, 1.807) is 7.11 Å². The van der Waals surface area contributed by atoms with E-state index in [9.17, 15) is 0 Å². The Hall–Kier alpha value is -1.06. The molecule has 3 nitrogen and oxygen atoms in total. The lowest BCUT2D eigenvalue weighted by Gasteiger charge is -2.27. The van der Waals surface area contributed by atoms with Crippen LogP contribution >= 0.6 is 0 Å². The number of nitrogens with zero attached hydrogens (tertiary/aromatic N) is 1. The van der Waals surface area contributed by atoms with Gasteiger partial charge >= 0.3 is 0 Å². The van der Waals surface area contributed by atoms with E-state index >= 15 is 0 Å². The summed E-state index contributed by atoms with van der Waals surface area (Å²) >= 11 is 0. The normalized spacial score (nSPS) is 21.5. The Morgan fingerprint density at radius 2 is 2.32 bits per heavy atom. The third kappa shape index (κ3) is 3.48. The summed E-state index contributed by atoms with van der Waals surface area (Å²) in [6, 6.07) is 8.65. The Kier molecular flexibility index (Phi) is 5.23. The van der Waals surface area contributed by atoms with Gasteiger partial charge in [-0.3, -0.25) is 4.90 Å². The van der Waals surface area contributed by atoms with Crippen LogP contribution in [0.25, 0.3) is 0 Å². The maximum absolute atomic E-state index is 6.01. The molecule has 2 N–H and O–H groups in total. The first-order valence-corrected chi connectivity index (χ1v) is 7.36. The van der Waals surface area contributed by atoms with Crippen molar-refractivity contribution in [2.24, 2.45) is 11.7 Å². The largest absolute Gasteiger partial charge is 0.497 e. The zero-order chi connectivity index (χ0) is 13.7. The van der Waals surface area contributed by atoms with Gasteiger partial charge in [-0.25, -0.2) is 0 Å². The first-order chi connectivity index (χ1) is 9.28. The monoisotopic (exact) mass is 262 g/mol. The highest BCUT2D eigenvalue weighted by Crippen LogP contribution is 2.30. The molecule has 1 fully saturated rings. The average molecular weight is 262 g/mol. The van der Waals surface area contributed by atoms with Gasteiger partial charge in [0, 0.05) is 19.1 Å². The van der Waals surface area contributed by atoms with Crippen molar-refractivity contribution in [3.63, 3.8) is 0 Å². The van der Waals surface area contributed by atoms with Crippen LogP contribution in [0.4, 0.5) is 0 Å². The first kappa shape index (κ1) is 14.4. The molecule has 2 unspecified atom stereocenters. The van der Waals surface area contributed by atoms with Gasteiger partial charge in [0.05, 0.1) is 7.11 Å². The van der Waals surface area contributed by atoms with Gasteiger partial charge in [0.15, 0.2) is 0 Å². The van der Waals surface area contributed by atoms with Crippen molar-refractivity contribution in [3.05, 3.63) is 29.8 Å². The molecule has 2 atom stereocenters. The fraction of sp³-hybridized carbons (Fsp3) is 0.625. The minimum Gasteiger partial charge on any atom is -0.497 e. The van der Waals surface area contributed by atoms with E-state index in [0.717, 1.165) is 11.7 Å². The molecule has 0 radical (unpaired) electrons. The maximum Gasteiger partial charge on any atom is 0.119 e. The molecule has 0 saturated carbocycles. The third-order valence-electron chi connectivity index (χ3n) is 4.16. The lowest BCUT2D eigenvalue weighted by atomic mass is 10.0. The second-order valence-corrected chi connectivity index (χ2v) is 5.47. The van der Waals surface area contributed by atoms with Gasteiger partial charge in [-0.2, -0.15) is 0 Å². The number of rotatable bonds is 6. The van der Waals surface area contributed by atoms with Crippen molar-refractivity contribution in [3.8, 4) is 5.75 Å². The summed E-state index contributed by atoms with van der Waals surface area (Å²) in [7, 11) is 1.71. The Labute approximate surface area is 116 Å². The van der Waals surface area contributed by atoms with Crippen LogP contribution in [0.15, 0.2) is 24.3 Å². The van der Waals surface area contributed by atoms with Gasteiger partial charge in [0.25, 0.3) is 0 Å². The quantitative estimate of drug-likeness (QED) is 0.856. The molecule has 1 aliphatic heterocycles. The molecule has 0 spiro atoms. The molecule has 3 heteroatoms. The second-order valence-electron chi connectivity index (χ2n) is 5.47. The third-order valence-corrected chi connectivity index (χ3v) is 4.16. The van der Waals surface area contributed by atoms with Gasteiger partial charge in [0.1, 0.15) is 5.75 Å². The molecule has 1 aromatic carbocycles. The lowest BCUT2D eigenvalue weighted by molar-refractivity contribution is 0.239. The molecule has 1 aromatic rings. The molecule has 106 valence electrons. The fourth-order valence-electron chi connectivity index (χ4n) is 3.13. The highest BCUT2D eigenvalue weighted by atomic mass is 16.5. The predicted octanol–water partition coefficient (Wildman–Crippen LogP) is 2.82. The number of methoxy groups -OCH3 is 1. The van der Waals surface area contributed by atoms with Crippen molar-refractivity contribution in [2.75, 3.05) is 26.7 Å². The van der Waals surface area contributed by atoms with Gasteiger partial charge in [-0.05, 0) is 43.0 Å². The van der Waals surface area contributed by atoms with E-state index in [2.05, 4.69) is 30.0 Å². The Morgan fingerprint density at radius 3 is 3.00 bits per heavy atom.